The van der Waals surface area contributed by atoms with E-state index < -0.39 is 0 Å². The lowest BCUT2D eigenvalue weighted by molar-refractivity contribution is 0.627. The molecule has 0 aromatic heterocycles. The maximum atomic E-state index is 12.7. The average molecular weight is 239 g/mol. The molecule has 0 heterocycles. The lowest BCUT2D eigenvalue weighted by Crippen LogP contribution is -2.07. The van der Waals surface area contributed by atoms with Gasteiger partial charge in [0.1, 0.15) is 5.82 Å². The molecule has 0 aliphatic rings. The van der Waals surface area contributed by atoms with Crippen LogP contribution in [-0.2, 0) is 0 Å². The van der Waals surface area contributed by atoms with Crippen LogP contribution in [0.5, 0.6) is 0 Å². The molecule has 0 spiro atoms. The van der Waals surface area contributed by atoms with Crippen molar-refractivity contribution in [3.63, 3.8) is 0 Å². The molecule has 90 valence electrons. The van der Waals surface area contributed by atoms with E-state index >= 15 is 0 Å². The van der Waals surface area contributed by atoms with Crippen LogP contribution in [0.15, 0.2) is 48.5 Å². The predicted octanol–water partition coefficient (Wildman–Crippen LogP) is 3.29. The molecule has 0 saturated heterocycles. The Morgan fingerprint density at radius 1 is 0.778 bits per heavy atom. The molecule has 2 aromatic rings. The molecule has 0 radical (unpaired) electrons. The fraction of sp³-hybridized carbons (Fsp3) is 0.125. The zero-order chi connectivity index (χ0) is 13.0. The Morgan fingerprint density at radius 2 is 1.22 bits per heavy atom. The van der Waals surface area contributed by atoms with Crippen LogP contribution < -0.4 is 4.90 Å². The maximum Gasteiger partial charge on any atom is 0.123 e. The van der Waals surface area contributed by atoms with Crippen LogP contribution in [0.3, 0.4) is 0 Å². The molecule has 2 rings (SSSR count). The first-order chi connectivity index (χ1) is 8.65. The summed E-state index contributed by atoms with van der Waals surface area (Å²) in [5.74, 6) is 5.82. The average Bonchev–Trinajstić information content (AvgIpc) is 2.38. The molecule has 0 amide bonds. The second kappa shape index (κ2) is 5.37. The summed E-state index contributed by atoms with van der Waals surface area (Å²) in [6.45, 7) is 0. The minimum Gasteiger partial charge on any atom is -0.378 e. The topological polar surface area (TPSA) is 3.24 Å². The van der Waals surface area contributed by atoms with Crippen LogP contribution in [0, 0.1) is 17.7 Å². The standard InChI is InChI=1S/C16H14FN/c1-18(2)16-11-7-14(8-12-16)4-3-13-5-9-15(17)10-6-13/h5-12H,1-2H3. The zero-order valence-electron chi connectivity index (χ0n) is 10.4. The second-order valence-electron chi connectivity index (χ2n) is 4.20. The zero-order valence-corrected chi connectivity index (χ0v) is 10.4. The maximum absolute atomic E-state index is 12.7. The van der Waals surface area contributed by atoms with Gasteiger partial charge in [-0.25, -0.2) is 4.39 Å². The van der Waals surface area contributed by atoms with Gasteiger partial charge in [0.15, 0.2) is 0 Å². The SMILES string of the molecule is CN(C)c1ccc(C#Cc2ccc(F)cc2)cc1. The normalized spacial score (nSPS) is 9.50. The van der Waals surface area contributed by atoms with Gasteiger partial charge in [-0.2, -0.15) is 0 Å². The minimum absolute atomic E-state index is 0.240. The fourth-order valence-electron chi connectivity index (χ4n) is 1.52. The van der Waals surface area contributed by atoms with Crippen molar-refractivity contribution in [3.05, 3.63) is 65.5 Å². The van der Waals surface area contributed by atoms with E-state index in [2.05, 4.69) is 11.8 Å². The summed E-state index contributed by atoms with van der Waals surface area (Å²) in [6.07, 6.45) is 0. The molecule has 0 aliphatic heterocycles. The molecule has 18 heavy (non-hydrogen) atoms. The van der Waals surface area contributed by atoms with Crippen molar-refractivity contribution in [3.8, 4) is 11.8 Å². The lowest BCUT2D eigenvalue weighted by atomic mass is 10.1. The third kappa shape index (κ3) is 3.11. The second-order valence-corrected chi connectivity index (χ2v) is 4.20. The van der Waals surface area contributed by atoms with Gasteiger partial charge in [-0.15, -0.1) is 0 Å². The van der Waals surface area contributed by atoms with Crippen LogP contribution in [0.1, 0.15) is 11.1 Å². The summed E-state index contributed by atoms with van der Waals surface area (Å²) in [7, 11) is 4.00. The van der Waals surface area contributed by atoms with Crippen molar-refractivity contribution in [2.45, 2.75) is 0 Å². The summed E-state index contributed by atoms with van der Waals surface area (Å²) in [6, 6.07) is 14.2. The van der Waals surface area contributed by atoms with E-state index in [9.17, 15) is 4.39 Å². The van der Waals surface area contributed by atoms with Gasteiger partial charge in [-0.3, -0.25) is 0 Å². The highest BCUT2D eigenvalue weighted by molar-refractivity contribution is 5.50. The summed E-state index contributed by atoms with van der Waals surface area (Å²) < 4.78 is 12.7. The number of hydrogen-bond acceptors (Lipinski definition) is 1. The first-order valence-electron chi connectivity index (χ1n) is 5.70. The number of benzene rings is 2. The van der Waals surface area contributed by atoms with Crippen molar-refractivity contribution in [2.24, 2.45) is 0 Å². The summed E-state index contributed by atoms with van der Waals surface area (Å²) >= 11 is 0. The summed E-state index contributed by atoms with van der Waals surface area (Å²) in [5.41, 5.74) is 2.90. The highest BCUT2D eigenvalue weighted by Crippen LogP contribution is 2.11. The number of halogens is 1. The van der Waals surface area contributed by atoms with Crippen LogP contribution in [-0.4, -0.2) is 14.1 Å². The molecular formula is C16H14FN. The minimum atomic E-state index is -0.240. The summed E-state index contributed by atoms with van der Waals surface area (Å²) in [4.78, 5) is 2.04. The van der Waals surface area contributed by atoms with Gasteiger partial charge >= 0.3 is 0 Å². The Bertz CT molecular complexity index is 571. The van der Waals surface area contributed by atoms with E-state index in [1.165, 1.54) is 12.1 Å². The van der Waals surface area contributed by atoms with Gasteiger partial charge in [-0.1, -0.05) is 11.8 Å². The Hall–Kier alpha value is -2.27. The van der Waals surface area contributed by atoms with E-state index in [4.69, 9.17) is 0 Å². The van der Waals surface area contributed by atoms with Crippen molar-refractivity contribution >= 4 is 5.69 Å². The smallest absolute Gasteiger partial charge is 0.123 e. The van der Waals surface area contributed by atoms with Crippen molar-refractivity contribution in [1.29, 1.82) is 0 Å². The molecule has 0 saturated carbocycles. The van der Waals surface area contributed by atoms with Crippen molar-refractivity contribution < 1.29 is 4.39 Å². The molecule has 1 nitrogen and oxygen atoms in total. The third-order valence-corrected chi connectivity index (χ3v) is 2.58. The Balaban J connectivity index is 2.17. The van der Waals surface area contributed by atoms with E-state index in [0.717, 1.165) is 16.8 Å². The monoisotopic (exact) mass is 239 g/mol. The summed E-state index contributed by atoms with van der Waals surface area (Å²) in [5, 5.41) is 0. The van der Waals surface area contributed by atoms with E-state index in [0.29, 0.717) is 0 Å². The Labute approximate surface area is 107 Å². The Kier molecular flexibility index (Phi) is 3.64. The third-order valence-electron chi connectivity index (χ3n) is 2.58. The number of anilines is 1. The Morgan fingerprint density at radius 3 is 1.67 bits per heavy atom. The van der Waals surface area contributed by atoms with Gasteiger partial charge in [0.2, 0.25) is 0 Å². The number of rotatable bonds is 1. The first kappa shape index (κ1) is 12.2. The number of hydrogen-bond donors (Lipinski definition) is 0. The molecule has 0 bridgehead atoms. The van der Waals surface area contributed by atoms with E-state index in [1.54, 1.807) is 12.1 Å². The fourth-order valence-corrected chi connectivity index (χ4v) is 1.52. The van der Waals surface area contributed by atoms with Crippen LogP contribution in [0.2, 0.25) is 0 Å². The molecule has 0 fully saturated rings. The lowest BCUT2D eigenvalue weighted by Gasteiger charge is -2.11. The molecule has 0 N–H and O–H groups in total. The molecule has 2 heteroatoms. The highest BCUT2D eigenvalue weighted by atomic mass is 19.1. The molecule has 0 unspecified atom stereocenters. The molecular weight excluding hydrogens is 225 g/mol. The van der Waals surface area contributed by atoms with Gasteiger partial charge in [0.25, 0.3) is 0 Å². The van der Waals surface area contributed by atoms with Gasteiger partial charge < -0.3 is 4.90 Å². The van der Waals surface area contributed by atoms with Crippen LogP contribution in [0.25, 0.3) is 0 Å². The van der Waals surface area contributed by atoms with Crippen molar-refractivity contribution in [1.82, 2.24) is 0 Å². The van der Waals surface area contributed by atoms with Gasteiger partial charge in [0.05, 0.1) is 0 Å². The van der Waals surface area contributed by atoms with Gasteiger partial charge in [0, 0.05) is 30.9 Å². The van der Waals surface area contributed by atoms with Crippen LogP contribution in [0.4, 0.5) is 10.1 Å². The highest BCUT2D eigenvalue weighted by Gasteiger charge is 1.93. The predicted molar refractivity (Wildman–Crippen MR) is 73.1 cm³/mol. The largest absolute Gasteiger partial charge is 0.378 e. The van der Waals surface area contributed by atoms with Crippen molar-refractivity contribution in [2.75, 3.05) is 19.0 Å². The quantitative estimate of drug-likeness (QED) is 0.690. The van der Waals surface area contributed by atoms with Gasteiger partial charge in [-0.05, 0) is 48.5 Å². The number of nitrogens with zero attached hydrogens (tertiary/aromatic N) is 1. The van der Waals surface area contributed by atoms with E-state index in [1.807, 2.05) is 43.3 Å². The van der Waals surface area contributed by atoms with Crippen LogP contribution >= 0.6 is 0 Å². The first-order valence-corrected chi connectivity index (χ1v) is 5.70. The van der Waals surface area contributed by atoms with E-state index in [-0.39, 0.29) is 5.82 Å². The molecule has 0 aliphatic carbocycles. The molecule has 0 atom stereocenters. The molecule has 2 aromatic carbocycles.